The van der Waals surface area contributed by atoms with Gasteiger partial charge >= 0.3 is 0 Å². The van der Waals surface area contributed by atoms with E-state index in [9.17, 15) is 0 Å². The standard InChI is InChI=1S/C11H17N3/c1-3-14(4-2)11(12)8-10-6-5-7-13-9-10/h5-7,9,12H,3-4,8H2,1-2H3. The second-order valence-electron chi connectivity index (χ2n) is 3.16. The number of hydrogen-bond acceptors (Lipinski definition) is 2. The molecule has 14 heavy (non-hydrogen) atoms. The molecule has 0 aliphatic carbocycles. The molecule has 1 heterocycles. The lowest BCUT2D eigenvalue weighted by Gasteiger charge is -2.21. The van der Waals surface area contributed by atoms with Crippen LogP contribution < -0.4 is 0 Å². The maximum atomic E-state index is 7.88. The third-order valence-corrected chi connectivity index (χ3v) is 2.24. The van der Waals surface area contributed by atoms with Crippen molar-refractivity contribution in [2.24, 2.45) is 0 Å². The van der Waals surface area contributed by atoms with Crippen molar-refractivity contribution in [3.05, 3.63) is 30.1 Å². The number of amidine groups is 1. The number of nitrogens with one attached hydrogen (secondary N) is 1. The van der Waals surface area contributed by atoms with Crippen LogP contribution in [0.5, 0.6) is 0 Å². The fourth-order valence-corrected chi connectivity index (χ4v) is 1.41. The molecular formula is C11H17N3. The molecular weight excluding hydrogens is 174 g/mol. The van der Waals surface area contributed by atoms with Crippen LogP contribution in [0.25, 0.3) is 0 Å². The van der Waals surface area contributed by atoms with E-state index in [0.717, 1.165) is 18.7 Å². The van der Waals surface area contributed by atoms with E-state index in [2.05, 4.69) is 18.8 Å². The van der Waals surface area contributed by atoms with Gasteiger partial charge in [0.2, 0.25) is 0 Å². The van der Waals surface area contributed by atoms with Crippen LogP contribution in [0.2, 0.25) is 0 Å². The van der Waals surface area contributed by atoms with Gasteiger partial charge in [-0.05, 0) is 25.5 Å². The monoisotopic (exact) mass is 191 g/mol. The molecule has 1 rings (SSSR count). The number of aromatic nitrogens is 1. The van der Waals surface area contributed by atoms with Gasteiger partial charge in [-0.25, -0.2) is 0 Å². The smallest absolute Gasteiger partial charge is 0.100 e. The largest absolute Gasteiger partial charge is 0.361 e. The Hall–Kier alpha value is -1.38. The van der Waals surface area contributed by atoms with Crippen molar-refractivity contribution in [3.8, 4) is 0 Å². The summed E-state index contributed by atoms with van der Waals surface area (Å²) < 4.78 is 0. The third-order valence-electron chi connectivity index (χ3n) is 2.24. The lowest BCUT2D eigenvalue weighted by Crippen LogP contribution is -2.31. The van der Waals surface area contributed by atoms with Crippen molar-refractivity contribution in [2.75, 3.05) is 13.1 Å². The molecule has 3 nitrogen and oxygen atoms in total. The highest BCUT2D eigenvalue weighted by Gasteiger charge is 2.05. The molecule has 1 aromatic heterocycles. The molecule has 3 heteroatoms. The SMILES string of the molecule is CCN(CC)C(=N)Cc1cccnc1. The van der Waals surface area contributed by atoms with Gasteiger partial charge in [-0.15, -0.1) is 0 Å². The van der Waals surface area contributed by atoms with E-state index in [1.165, 1.54) is 0 Å². The van der Waals surface area contributed by atoms with Crippen molar-refractivity contribution >= 4 is 5.84 Å². The summed E-state index contributed by atoms with van der Waals surface area (Å²) in [6.45, 7) is 5.94. The Morgan fingerprint density at radius 2 is 2.14 bits per heavy atom. The molecule has 0 radical (unpaired) electrons. The van der Waals surface area contributed by atoms with Crippen LogP contribution in [-0.2, 0) is 6.42 Å². The summed E-state index contributed by atoms with van der Waals surface area (Å²) in [5.41, 5.74) is 1.10. The van der Waals surface area contributed by atoms with Crippen molar-refractivity contribution in [1.29, 1.82) is 5.41 Å². The minimum absolute atomic E-state index is 0.669. The molecule has 0 fully saturated rings. The summed E-state index contributed by atoms with van der Waals surface area (Å²) in [4.78, 5) is 6.08. The zero-order valence-corrected chi connectivity index (χ0v) is 8.83. The maximum Gasteiger partial charge on any atom is 0.100 e. The van der Waals surface area contributed by atoms with E-state index in [-0.39, 0.29) is 0 Å². The molecule has 1 N–H and O–H groups in total. The molecule has 0 aliphatic heterocycles. The van der Waals surface area contributed by atoms with E-state index in [1.807, 2.05) is 23.2 Å². The summed E-state index contributed by atoms with van der Waals surface area (Å²) in [6.07, 6.45) is 4.25. The van der Waals surface area contributed by atoms with Gasteiger partial charge < -0.3 is 4.90 Å². The highest BCUT2D eigenvalue weighted by Crippen LogP contribution is 2.01. The second kappa shape index (κ2) is 5.37. The first-order valence-corrected chi connectivity index (χ1v) is 4.99. The van der Waals surface area contributed by atoms with Crippen molar-refractivity contribution in [2.45, 2.75) is 20.3 Å². The second-order valence-corrected chi connectivity index (χ2v) is 3.16. The average Bonchev–Trinajstić information content (AvgIpc) is 2.21. The summed E-state index contributed by atoms with van der Waals surface area (Å²) >= 11 is 0. The number of nitrogens with zero attached hydrogens (tertiary/aromatic N) is 2. The van der Waals surface area contributed by atoms with Gasteiger partial charge in [0.05, 0.1) is 0 Å². The Bertz CT molecular complexity index is 278. The fraction of sp³-hybridized carbons (Fsp3) is 0.455. The van der Waals surface area contributed by atoms with Crippen molar-refractivity contribution in [3.63, 3.8) is 0 Å². The third kappa shape index (κ3) is 2.83. The summed E-state index contributed by atoms with van der Waals surface area (Å²) in [5, 5.41) is 7.88. The molecule has 0 unspecified atom stereocenters. The predicted octanol–water partition coefficient (Wildman–Crippen LogP) is 1.94. The maximum absolute atomic E-state index is 7.88. The highest BCUT2D eigenvalue weighted by molar-refractivity contribution is 5.81. The number of pyridine rings is 1. The fourth-order valence-electron chi connectivity index (χ4n) is 1.41. The first kappa shape index (κ1) is 10.7. The van der Waals surface area contributed by atoms with Gasteiger partial charge in [-0.3, -0.25) is 10.4 Å². The van der Waals surface area contributed by atoms with Crippen LogP contribution in [0.3, 0.4) is 0 Å². The van der Waals surface area contributed by atoms with Crippen LogP contribution in [-0.4, -0.2) is 28.8 Å². The summed E-state index contributed by atoms with van der Waals surface area (Å²) in [5.74, 6) is 0.669. The van der Waals surface area contributed by atoms with Gasteiger partial charge in [-0.1, -0.05) is 6.07 Å². The quantitative estimate of drug-likeness (QED) is 0.583. The Labute approximate surface area is 85.3 Å². The van der Waals surface area contributed by atoms with Crippen LogP contribution in [0.1, 0.15) is 19.4 Å². The lowest BCUT2D eigenvalue weighted by molar-refractivity contribution is 0.455. The Kier molecular flexibility index (Phi) is 4.11. The first-order chi connectivity index (χ1) is 6.77. The minimum Gasteiger partial charge on any atom is -0.361 e. The normalized spacial score (nSPS) is 9.86. The van der Waals surface area contributed by atoms with Gasteiger partial charge in [0.15, 0.2) is 0 Å². The van der Waals surface area contributed by atoms with Crippen molar-refractivity contribution in [1.82, 2.24) is 9.88 Å². The van der Waals surface area contributed by atoms with E-state index in [4.69, 9.17) is 5.41 Å². The van der Waals surface area contributed by atoms with Crippen LogP contribution in [0.15, 0.2) is 24.5 Å². The zero-order chi connectivity index (χ0) is 10.4. The molecule has 76 valence electrons. The Morgan fingerprint density at radius 1 is 1.43 bits per heavy atom. The molecule has 0 saturated heterocycles. The van der Waals surface area contributed by atoms with E-state index < -0.39 is 0 Å². The van der Waals surface area contributed by atoms with E-state index in [0.29, 0.717) is 12.3 Å². The molecule has 0 bridgehead atoms. The van der Waals surface area contributed by atoms with E-state index >= 15 is 0 Å². The van der Waals surface area contributed by atoms with Gasteiger partial charge in [-0.2, -0.15) is 0 Å². The average molecular weight is 191 g/mol. The van der Waals surface area contributed by atoms with Gasteiger partial charge in [0.25, 0.3) is 0 Å². The minimum atomic E-state index is 0.669. The van der Waals surface area contributed by atoms with Gasteiger partial charge in [0, 0.05) is 31.9 Å². The lowest BCUT2D eigenvalue weighted by atomic mass is 10.2. The number of hydrogen-bond donors (Lipinski definition) is 1. The highest BCUT2D eigenvalue weighted by atomic mass is 15.1. The van der Waals surface area contributed by atoms with Crippen molar-refractivity contribution < 1.29 is 0 Å². The molecule has 0 aliphatic rings. The summed E-state index contributed by atoms with van der Waals surface area (Å²) in [7, 11) is 0. The number of likely N-dealkylation sites (N-methyl/N-ethyl adjacent to an activating group) is 1. The molecule has 0 saturated carbocycles. The topological polar surface area (TPSA) is 40.0 Å². The molecule has 0 amide bonds. The van der Waals surface area contributed by atoms with E-state index in [1.54, 1.807) is 6.20 Å². The van der Waals surface area contributed by atoms with Gasteiger partial charge in [0.1, 0.15) is 5.84 Å². The van der Waals surface area contributed by atoms with Crippen LogP contribution >= 0.6 is 0 Å². The zero-order valence-electron chi connectivity index (χ0n) is 8.83. The van der Waals surface area contributed by atoms with Crippen LogP contribution in [0, 0.1) is 5.41 Å². The van der Waals surface area contributed by atoms with Crippen LogP contribution in [0.4, 0.5) is 0 Å². The Morgan fingerprint density at radius 3 is 2.64 bits per heavy atom. The predicted molar refractivity (Wildman–Crippen MR) is 58.6 cm³/mol. The number of rotatable bonds is 4. The molecule has 0 spiro atoms. The summed E-state index contributed by atoms with van der Waals surface area (Å²) in [6, 6.07) is 3.91. The Balaban J connectivity index is 2.57. The first-order valence-electron chi connectivity index (χ1n) is 4.99. The molecule has 1 aromatic rings. The molecule has 0 atom stereocenters. The molecule has 0 aromatic carbocycles.